The normalized spacial score (nSPS) is 24.6. The molecular formula is C13H29N4P. The zero-order valence-corrected chi connectivity index (χ0v) is 13.7. The van der Waals surface area contributed by atoms with E-state index in [1.165, 1.54) is 5.84 Å². The SMILES string of the molecule is CCN(CC)P1N(C)CCC(=NCC(C)C)N1C. The van der Waals surface area contributed by atoms with Crippen molar-refractivity contribution >= 4 is 14.2 Å². The zero-order valence-electron chi connectivity index (χ0n) is 12.8. The molecule has 106 valence electrons. The van der Waals surface area contributed by atoms with E-state index in [-0.39, 0.29) is 8.37 Å². The van der Waals surface area contributed by atoms with Gasteiger partial charge in [-0.25, -0.2) is 0 Å². The Bertz CT molecular complexity index is 276. The van der Waals surface area contributed by atoms with Crippen LogP contribution in [-0.4, -0.2) is 60.1 Å². The molecule has 1 atom stereocenters. The summed E-state index contributed by atoms with van der Waals surface area (Å²) in [4.78, 5) is 4.80. The molecule has 0 radical (unpaired) electrons. The van der Waals surface area contributed by atoms with Gasteiger partial charge in [0.2, 0.25) is 0 Å². The highest BCUT2D eigenvalue weighted by Gasteiger charge is 2.31. The van der Waals surface area contributed by atoms with E-state index in [2.05, 4.69) is 55.8 Å². The molecule has 0 amide bonds. The maximum Gasteiger partial charge on any atom is 0.149 e. The molecule has 1 rings (SSSR count). The van der Waals surface area contributed by atoms with Gasteiger partial charge in [0.25, 0.3) is 0 Å². The van der Waals surface area contributed by atoms with Crippen LogP contribution < -0.4 is 0 Å². The summed E-state index contributed by atoms with van der Waals surface area (Å²) in [5.74, 6) is 1.94. The van der Waals surface area contributed by atoms with Crippen LogP contribution in [0.2, 0.25) is 0 Å². The van der Waals surface area contributed by atoms with Crippen molar-refractivity contribution in [3.05, 3.63) is 0 Å². The fourth-order valence-corrected chi connectivity index (χ4v) is 4.62. The van der Waals surface area contributed by atoms with Gasteiger partial charge in [0.15, 0.2) is 0 Å². The molecular weight excluding hydrogens is 243 g/mol. The standard InChI is InChI=1S/C13H29N4P/c1-7-17(8-2)18-15(5)10-9-13(16(18)6)14-11-12(3)4/h12H,7-11H2,1-6H3. The number of rotatable bonds is 5. The Morgan fingerprint density at radius 2 is 1.89 bits per heavy atom. The number of hydrogen-bond donors (Lipinski definition) is 0. The molecule has 0 aromatic heterocycles. The third kappa shape index (κ3) is 3.91. The maximum absolute atomic E-state index is 4.80. The summed E-state index contributed by atoms with van der Waals surface area (Å²) < 4.78 is 7.43. The molecule has 5 heteroatoms. The molecule has 1 heterocycles. The monoisotopic (exact) mass is 272 g/mol. The van der Waals surface area contributed by atoms with Crippen LogP contribution in [0.5, 0.6) is 0 Å². The highest BCUT2D eigenvalue weighted by molar-refractivity contribution is 7.51. The van der Waals surface area contributed by atoms with Crippen molar-refractivity contribution in [3.8, 4) is 0 Å². The molecule has 0 saturated carbocycles. The lowest BCUT2D eigenvalue weighted by molar-refractivity contribution is 0.396. The molecule has 1 aliphatic rings. The first kappa shape index (κ1) is 15.9. The molecule has 0 N–H and O–H groups in total. The topological polar surface area (TPSA) is 22.1 Å². The molecule has 1 saturated heterocycles. The summed E-state index contributed by atoms with van der Waals surface area (Å²) >= 11 is 0. The first-order valence-corrected chi connectivity index (χ1v) is 8.24. The van der Waals surface area contributed by atoms with Crippen LogP contribution in [0.1, 0.15) is 34.1 Å². The third-order valence-electron chi connectivity index (χ3n) is 3.23. The fourth-order valence-electron chi connectivity index (χ4n) is 2.20. The smallest absolute Gasteiger partial charge is 0.149 e. The van der Waals surface area contributed by atoms with Crippen molar-refractivity contribution in [1.82, 2.24) is 14.0 Å². The number of aliphatic imine (C=N–C) groups is 1. The van der Waals surface area contributed by atoms with Gasteiger partial charge in [-0.05, 0) is 13.0 Å². The van der Waals surface area contributed by atoms with Crippen LogP contribution >= 0.6 is 8.37 Å². The average molecular weight is 272 g/mol. The minimum atomic E-state index is -0.359. The summed E-state index contributed by atoms with van der Waals surface area (Å²) in [5, 5.41) is 0. The highest BCUT2D eigenvalue weighted by atomic mass is 31.2. The van der Waals surface area contributed by atoms with Crippen LogP contribution in [0.4, 0.5) is 0 Å². The Morgan fingerprint density at radius 1 is 1.28 bits per heavy atom. The Labute approximate surface area is 114 Å². The highest BCUT2D eigenvalue weighted by Crippen LogP contribution is 2.48. The second kappa shape index (κ2) is 7.42. The predicted molar refractivity (Wildman–Crippen MR) is 82.0 cm³/mol. The summed E-state index contributed by atoms with van der Waals surface area (Å²) in [6.45, 7) is 13.2. The summed E-state index contributed by atoms with van der Waals surface area (Å²) in [6, 6.07) is 0. The Hall–Kier alpha value is -0.180. The van der Waals surface area contributed by atoms with Gasteiger partial charge in [-0.1, -0.05) is 27.7 Å². The lowest BCUT2D eigenvalue weighted by atomic mass is 10.2. The Balaban J connectivity index is 2.79. The fraction of sp³-hybridized carbons (Fsp3) is 0.923. The van der Waals surface area contributed by atoms with Crippen LogP contribution in [0.15, 0.2) is 4.99 Å². The largest absolute Gasteiger partial charge is 0.317 e. The van der Waals surface area contributed by atoms with Gasteiger partial charge >= 0.3 is 0 Å². The van der Waals surface area contributed by atoms with Crippen molar-refractivity contribution in [1.29, 1.82) is 0 Å². The van der Waals surface area contributed by atoms with Crippen LogP contribution in [0, 0.1) is 5.92 Å². The van der Waals surface area contributed by atoms with Gasteiger partial charge in [-0.2, -0.15) is 0 Å². The molecule has 0 aromatic rings. The first-order chi connectivity index (χ1) is 8.51. The Kier molecular flexibility index (Phi) is 6.54. The van der Waals surface area contributed by atoms with Gasteiger partial charge in [-0.15, -0.1) is 0 Å². The lowest BCUT2D eigenvalue weighted by Crippen LogP contribution is -2.43. The van der Waals surface area contributed by atoms with Gasteiger partial charge in [-0.3, -0.25) is 14.3 Å². The molecule has 4 nitrogen and oxygen atoms in total. The van der Waals surface area contributed by atoms with Crippen molar-refractivity contribution < 1.29 is 0 Å². The van der Waals surface area contributed by atoms with Crippen molar-refractivity contribution in [2.75, 3.05) is 40.3 Å². The molecule has 1 aliphatic heterocycles. The minimum Gasteiger partial charge on any atom is -0.317 e. The van der Waals surface area contributed by atoms with Crippen LogP contribution in [-0.2, 0) is 0 Å². The molecule has 0 aromatic carbocycles. The first-order valence-electron chi connectivity index (χ1n) is 7.04. The van der Waals surface area contributed by atoms with Gasteiger partial charge < -0.3 is 4.67 Å². The average Bonchev–Trinajstić information content (AvgIpc) is 2.33. The molecule has 0 bridgehead atoms. The second-order valence-corrected chi connectivity index (χ2v) is 7.60. The molecule has 1 fully saturated rings. The van der Waals surface area contributed by atoms with Crippen molar-refractivity contribution in [3.63, 3.8) is 0 Å². The molecule has 0 aliphatic carbocycles. The summed E-state index contributed by atoms with van der Waals surface area (Å²) in [5.41, 5.74) is 0. The quantitative estimate of drug-likeness (QED) is 0.718. The summed E-state index contributed by atoms with van der Waals surface area (Å²) in [7, 11) is 4.08. The summed E-state index contributed by atoms with van der Waals surface area (Å²) in [6.07, 6.45) is 1.08. The van der Waals surface area contributed by atoms with E-state index in [0.29, 0.717) is 5.92 Å². The third-order valence-corrected chi connectivity index (χ3v) is 5.88. The van der Waals surface area contributed by atoms with Gasteiger partial charge in [0, 0.05) is 39.6 Å². The van der Waals surface area contributed by atoms with Gasteiger partial charge in [0.1, 0.15) is 14.2 Å². The second-order valence-electron chi connectivity index (χ2n) is 5.21. The van der Waals surface area contributed by atoms with Crippen molar-refractivity contribution in [2.24, 2.45) is 10.9 Å². The van der Waals surface area contributed by atoms with Gasteiger partial charge in [0.05, 0.1) is 0 Å². The van der Waals surface area contributed by atoms with Crippen LogP contribution in [0.3, 0.4) is 0 Å². The molecule has 1 unspecified atom stereocenters. The van der Waals surface area contributed by atoms with E-state index in [4.69, 9.17) is 4.99 Å². The number of amidine groups is 1. The Morgan fingerprint density at radius 3 is 2.39 bits per heavy atom. The molecule has 18 heavy (non-hydrogen) atoms. The van der Waals surface area contributed by atoms with E-state index >= 15 is 0 Å². The van der Waals surface area contributed by atoms with E-state index in [0.717, 1.165) is 32.6 Å². The van der Waals surface area contributed by atoms with E-state index in [1.807, 2.05) is 0 Å². The maximum atomic E-state index is 4.80. The predicted octanol–water partition coefficient (Wildman–Crippen LogP) is 2.88. The van der Waals surface area contributed by atoms with E-state index < -0.39 is 0 Å². The number of hydrogen-bond acceptors (Lipinski definition) is 3. The zero-order chi connectivity index (χ0) is 13.7. The van der Waals surface area contributed by atoms with Crippen LogP contribution in [0.25, 0.3) is 0 Å². The molecule has 0 spiro atoms. The minimum absolute atomic E-state index is 0.359. The lowest BCUT2D eigenvalue weighted by Gasteiger charge is -2.46. The van der Waals surface area contributed by atoms with Crippen molar-refractivity contribution in [2.45, 2.75) is 34.1 Å². The number of nitrogens with zero attached hydrogens (tertiary/aromatic N) is 4. The van der Waals surface area contributed by atoms with E-state index in [1.54, 1.807) is 0 Å². The van der Waals surface area contributed by atoms with E-state index in [9.17, 15) is 0 Å².